The molecule has 0 amide bonds. The Bertz CT molecular complexity index is 648. The maximum Gasteiger partial charge on any atom is 0.214 e. The first kappa shape index (κ1) is 18.6. The number of hydrogen-bond donors (Lipinski definition) is 1. The molecular weight excluding hydrogens is 334 g/mol. The number of anilines is 1. The Labute approximate surface area is 154 Å². The predicted octanol–water partition coefficient (Wildman–Crippen LogP) is 3.39. The minimum atomic E-state index is 0.0650. The number of imidazole rings is 1. The average molecular weight is 366 g/mol. The standard InChI is InChI=1S/C18H31N5OS/c1-13-10-22(11-14(2)24-13)9-7-6-8-19-16-21-23-12-15(18(3,4)5)20-17(23)25-16/h12-14H,6-11H2,1-5H3,(H,19,21). The van der Waals surface area contributed by atoms with Crippen LogP contribution in [-0.4, -0.2) is 57.9 Å². The largest absolute Gasteiger partial charge is 0.373 e. The summed E-state index contributed by atoms with van der Waals surface area (Å²) >= 11 is 1.62. The molecule has 0 aliphatic carbocycles. The fourth-order valence-electron chi connectivity index (χ4n) is 3.26. The third-order valence-electron chi connectivity index (χ3n) is 4.48. The van der Waals surface area contributed by atoms with E-state index >= 15 is 0 Å². The van der Waals surface area contributed by atoms with Crippen LogP contribution in [0.3, 0.4) is 0 Å². The minimum absolute atomic E-state index is 0.0650. The van der Waals surface area contributed by atoms with Crippen molar-refractivity contribution >= 4 is 21.4 Å². The summed E-state index contributed by atoms with van der Waals surface area (Å²) in [5.74, 6) is 0. The van der Waals surface area contributed by atoms with Crippen LogP contribution >= 0.6 is 11.3 Å². The van der Waals surface area contributed by atoms with Gasteiger partial charge in [-0.1, -0.05) is 32.1 Å². The van der Waals surface area contributed by atoms with Crippen molar-refractivity contribution in [3.63, 3.8) is 0 Å². The summed E-state index contributed by atoms with van der Waals surface area (Å²) in [6.07, 6.45) is 5.09. The van der Waals surface area contributed by atoms with E-state index in [2.05, 4.69) is 54.9 Å². The zero-order valence-electron chi connectivity index (χ0n) is 16.1. The SMILES string of the molecule is CC1CN(CCCCNc2nn3cc(C(C)(C)C)nc3s2)CC(C)O1. The molecule has 1 aliphatic heterocycles. The number of ether oxygens (including phenoxy) is 1. The lowest BCUT2D eigenvalue weighted by Crippen LogP contribution is -2.45. The van der Waals surface area contributed by atoms with E-state index in [1.165, 1.54) is 6.42 Å². The Morgan fingerprint density at radius 3 is 2.60 bits per heavy atom. The van der Waals surface area contributed by atoms with Gasteiger partial charge < -0.3 is 10.1 Å². The van der Waals surface area contributed by atoms with Crippen LogP contribution in [0.25, 0.3) is 4.96 Å². The minimum Gasteiger partial charge on any atom is -0.373 e. The van der Waals surface area contributed by atoms with Crippen molar-refractivity contribution in [3.05, 3.63) is 11.9 Å². The quantitative estimate of drug-likeness (QED) is 0.795. The monoisotopic (exact) mass is 365 g/mol. The summed E-state index contributed by atoms with van der Waals surface area (Å²) in [6.45, 7) is 15.1. The molecule has 6 nitrogen and oxygen atoms in total. The second-order valence-electron chi connectivity index (χ2n) is 8.16. The zero-order valence-corrected chi connectivity index (χ0v) is 16.9. The first-order chi connectivity index (χ1) is 11.8. The van der Waals surface area contributed by atoms with Crippen LogP contribution in [0.2, 0.25) is 0 Å². The van der Waals surface area contributed by atoms with Crippen LogP contribution in [0.5, 0.6) is 0 Å². The van der Waals surface area contributed by atoms with Crippen molar-refractivity contribution in [3.8, 4) is 0 Å². The number of fused-ring (bicyclic) bond motifs is 1. The lowest BCUT2D eigenvalue weighted by molar-refractivity contribution is -0.0681. The van der Waals surface area contributed by atoms with Crippen LogP contribution < -0.4 is 5.32 Å². The number of nitrogens with one attached hydrogen (secondary N) is 1. The van der Waals surface area contributed by atoms with Gasteiger partial charge >= 0.3 is 0 Å². The van der Waals surface area contributed by atoms with Crippen LogP contribution in [0, 0.1) is 0 Å². The number of hydrogen-bond acceptors (Lipinski definition) is 6. The van der Waals surface area contributed by atoms with Gasteiger partial charge in [0.1, 0.15) is 0 Å². The highest BCUT2D eigenvalue weighted by Crippen LogP contribution is 2.25. The van der Waals surface area contributed by atoms with E-state index in [0.29, 0.717) is 12.2 Å². The highest BCUT2D eigenvalue weighted by Gasteiger charge is 2.21. The first-order valence-corrected chi connectivity index (χ1v) is 10.1. The van der Waals surface area contributed by atoms with Crippen molar-refractivity contribution in [1.82, 2.24) is 19.5 Å². The smallest absolute Gasteiger partial charge is 0.214 e. The molecule has 140 valence electrons. The Balaban J connectivity index is 1.40. The summed E-state index contributed by atoms with van der Waals surface area (Å²) in [6, 6.07) is 0. The topological polar surface area (TPSA) is 54.7 Å². The number of morpholine rings is 1. The summed E-state index contributed by atoms with van der Waals surface area (Å²) < 4.78 is 7.68. The van der Waals surface area contributed by atoms with Crippen LogP contribution in [0.15, 0.2) is 6.20 Å². The molecule has 2 unspecified atom stereocenters. The van der Waals surface area contributed by atoms with Crippen molar-refractivity contribution in [2.45, 2.75) is 65.1 Å². The summed E-state index contributed by atoms with van der Waals surface area (Å²) in [5.41, 5.74) is 1.15. The second-order valence-corrected chi connectivity index (χ2v) is 9.12. The molecule has 0 saturated carbocycles. The van der Waals surface area contributed by atoms with Gasteiger partial charge in [0, 0.05) is 25.0 Å². The van der Waals surface area contributed by atoms with E-state index in [1.807, 2.05) is 10.7 Å². The van der Waals surface area contributed by atoms with Gasteiger partial charge in [0.2, 0.25) is 10.1 Å². The maximum atomic E-state index is 5.78. The molecular formula is C18H31N5OS. The molecule has 7 heteroatoms. The molecule has 3 heterocycles. The fraction of sp³-hybridized carbons (Fsp3) is 0.778. The summed E-state index contributed by atoms with van der Waals surface area (Å²) in [7, 11) is 0. The van der Waals surface area contributed by atoms with E-state index in [-0.39, 0.29) is 5.41 Å². The molecule has 2 atom stereocenters. The molecule has 0 aromatic carbocycles. The van der Waals surface area contributed by atoms with Gasteiger partial charge in [-0.2, -0.15) is 0 Å². The third-order valence-corrected chi connectivity index (χ3v) is 5.36. The summed E-state index contributed by atoms with van der Waals surface area (Å²) in [4.78, 5) is 8.16. The molecule has 1 saturated heterocycles. The molecule has 1 fully saturated rings. The molecule has 1 aliphatic rings. The van der Waals surface area contributed by atoms with E-state index < -0.39 is 0 Å². The van der Waals surface area contributed by atoms with Gasteiger partial charge in [-0.25, -0.2) is 9.50 Å². The fourth-order valence-corrected chi connectivity index (χ4v) is 4.06. The lowest BCUT2D eigenvalue weighted by atomic mass is 9.93. The van der Waals surface area contributed by atoms with Gasteiger partial charge in [0.25, 0.3) is 0 Å². The molecule has 0 spiro atoms. The Morgan fingerprint density at radius 2 is 1.96 bits per heavy atom. The van der Waals surface area contributed by atoms with Crippen LogP contribution in [0.4, 0.5) is 5.13 Å². The van der Waals surface area contributed by atoms with Gasteiger partial charge in [0.05, 0.1) is 24.1 Å². The van der Waals surface area contributed by atoms with Crippen molar-refractivity contribution in [2.24, 2.45) is 0 Å². The number of rotatable bonds is 6. The van der Waals surface area contributed by atoms with E-state index in [4.69, 9.17) is 4.74 Å². The lowest BCUT2D eigenvalue weighted by Gasteiger charge is -2.35. The van der Waals surface area contributed by atoms with Crippen LogP contribution in [-0.2, 0) is 10.2 Å². The predicted molar refractivity (Wildman–Crippen MR) is 104 cm³/mol. The number of unbranched alkanes of at least 4 members (excludes halogenated alkanes) is 1. The van der Waals surface area contributed by atoms with Crippen molar-refractivity contribution in [2.75, 3.05) is 31.5 Å². The van der Waals surface area contributed by atoms with Crippen LogP contribution in [0.1, 0.15) is 53.2 Å². The molecule has 0 radical (unpaired) electrons. The van der Waals surface area contributed by atoms with E-state index in [0.717, 1.165) is 48.4 Å². The molecule has 0 bridgehead atoms. The average Bonchev–Trinajstić information content (AvgIpc) is 3.03. The molecule has 25 heavy (non-hydrogen) atoms. The highest BCUT2D eigenvalue weighted by molar-refractivity contribution is 7.20. The van der Waals surface area contributed by atoms with Crippen molar-refractivity contribution < 1.29 is 4.74 Å². The Kier molecular flexibility index (Phi) is 5.65. The highest BCUT2D eigenvalue weighted by atomic mass is 32.1. The van der Waals surface area contributed by atoms with Gasteiger partial charge in [-0.15, -0.1) is 5.10 Å². The molecule has 1 N–H and O–H groups in total. The van der Waals surface area contributed by atoms with Crippen molar-refractivity contribution in [1.29, 1.82) is 0 Å². The second kappa shape index (κ2) is 7.60. The first-order valence-electron chi connectivity index (χ1n) is 9.29. The zero-order chi connectivity index (χ0) is 18.0. The Morgan fingerprint density at radius 1 is 1.24 bits per heavy atom. The summed E-state index contributed by atoms with van der Waals surface area (Å²) in [5, 5.41) is 8.98. The molecule has 2 aromatic heterocycles. The van der Waals surface area contributed by atoms with Gasteiger partial charge in [-0.05, 0) is 33.2 Å². The maximum absolute atomic E-state index is 5.78. The third kappa shape index (κ3) is 4.92. The molecule has 2 aromatic rings. The van der Waals surface area contributed by atoms with E-state index in [1.54, 1.807) is 11.3 Å². The number of aromatic nitrogens is 3. The number of nitrogens with zero attached hydrogens (tertiary/aromatic N) is 4. The normalized spacial score (nSPS) is 22.6. The van der Waals surface area contributed by atoms with E-state index in [9.17, 15) is 0 Å². The van der Waals surface area contributed by atoms with Gasteiger partial charge in [-0.3, -0.25) is 4.90 Å². The molecule has 3 rings (SSSR count). The Hall–Kier alpha value is -1.18. The van der Waals surface area contributed by atoms with Gasteiger partial charge in [0.15, 0.2) is 0 Å².